The predicted molar refractivity (Wildman–Crippen MR) is 96.2 cm³/mol. The molecule has 140 valence electrons. The lowest BCUT2D eigenvalue weighted by atomic mass is 9.92. The largest absolute Gasteiger partial charge is 0.352 e. The fourth-order valence-electron chi connectivity index (χ4n) is 4.02. The molecule has 2 N–H and O–H groups in total. The van der Waals surface area contributed by atoms with Gasteiger partial charge in [-0.25, -0.2) is 13.1 Å². The fraction of sp³-hybridized carbons (Fsp3) is 0.941. The highest BCUT2D eigenvalue weighted by molar-refractivity contribution is 7.88. The van der Waals surface area contributed by atoms with Crippen LogP contribution >= 0.6 is 0 Å². The van der Waals surface area contributed by atoms with Crippen LogP contribution in [0.5, 0.6) is 0 Å². The van der Waals surface area contributed by atoms with Crippen LogP contribution < -0.4 is 10.0 Å². The smallest absolute Gasteiger partial charge is 0.234 e. The summed E-state index contributed by atoms with van der Waals surface area (Å²) in [7, 11) is -3.23. The third kappa shape index (κ3) is 6.33. The topological polar surface area (TPSA) is 78.5 Å². The number of rotatable bonds is 6. The van der Waals surface area contributed by atoms with Crippen molar-refractivity contribution in [3.63, 3.8) is 0 Å². The van der Waals surface area contributed by atoms with Crippen LogP contribution in [0.25, 0.3) is 0 Å². The van der Waals surface area contributed by atoms with Crippen LogP contribution in [0.15, 0.2) is 0 Å². The number of carbonyl (C=O) groups excluding carboxylic acids is 1. The number of hydrogen-bond donors (Lipinski definition) is 2. The van der Waals surface area contributed by atoms with E-state index in [2.05, 4.69) is 28.8 Å². The number of sulfonamides is 1. The molecule has 0 aromatic carbocycles. The number of nitrogens with one attached hydrogen (secondary N) is 2. The summed E-state index contributed by atoms with van der Waals surface area (Å²) < 4.78 is 25.9. The molecule has 0 spiro atoms. The Bertz CT molecular complexity index is 513. The molecule has 24 heavy (non-hydrogen) atoms. The summed E-state index contributed by atoms with van der Waals surface area (Å²) in [6, 6.07) is 0.208. The number of likely N-dealkylation sites (tertiary alicyclic amines) is 1. The van der Waals surface area contributed by atoms with Gasteiger partial charge in [-0.3, -0.25) is 9.69 Å². The molecule has 1 aliphatic carbocycles. The molecule has 2 rings (SSSR count). The highest BCUT2D eigenvalue weighted by atomic mass is 32.2. The van der Waals surface area contributed by atoms with E-state index in [-0.39, 0.29) is 17.9 Å². The van der Waals surface area contributed by atoms with Crippen LogP contribution in [0.2, 0.25) is 0 Å². The van der Waals surface area contributed by atoms with Crippen molar-refractivity contribution in [3.8, 4) is 0 Å². The van der Waals surface area contributed by atoms with Crippen molar-refractivity contribution in [2.75, 3.05) is 25.9 Å². The number of nitrogens with zero attached hydrogens (tertiary/aromatic N) is 1. The lowest BCUT2D eigenvalue weighted by Gasteiger charge is -2.21. The Morgan fingerprint density at radius 2 is 1.75 bits per heavy atom. The van der Waals surface area contributed by atoms with Crippen molar-refractivity contribution in [2.24, 2.45) is 11.8 Å². The van der Waals surface area contributed by atoms with Crippen LogP contribution in [-0.4, -0.2) is 57.2 Å². The molecule has 0 aromatic rings. The van der Waals surface area contributed by atoms with E-state index in [9.17, 15) is 13.2 Å². The summed E-state index contributed by atoms with van der Waals surface area (Å²) in [5.74, 6) is 0.689. The minimum absolute atomic E-state index is 0.0735. The maximum atomic E-state index is 12.4. The summed E-state index contributed by atoms with van der Waals surface area (Å²) in [6.45, 7) is 5.95. The first-order valence-corrected chi connectivity index (χ1v) is 11.1. The summed E-state index contributed by atoms with van der Waals surface area (Å²) in [6.07, 6.45) is 8.30. The Kier molecular flexibility index (Phi) is 7.07. The van der Waals surface area contributed by atoms with Crippen LogP contribution in [0.3, 0.4) is 0 Å². The molecule has 0 radical (unpaired) electrons. The summed E-state index contributed by atoms with van der Waals surface area (Å²) in [4.78, 5) is 14.4. The molecule has 1 saturated heterocycles. The van der Waals surface area contributed by atoms with Gasteiger partial charge in [-0.05, 0) is 24.7 Å². The number of amides is 1. The maximum absolute atomic E-state index is 12.4. The maximum Gasteiger partial charge on any atom is 0.234 e. The van der Waals surface area contributed by atoms with Crippen LogP contribution in [0, 0.1) is 11.8 Å². The number of carbonyl (C=O) groups is 1. The van der Waals surface area contributed by atoms with Gasteiger partial charge in [-0.2, -0.15) is 0 Å². The zero-order valence-electron chi connectivity index (χ0n) is 15.3. The molecule has 6 nitrogen and oxygen atoms in total. The van der Waals surface area contributed by atoms with Gasteiger partial charge in [0.2, 0.25) is 15.9 Å². The van der Waals surface area contributed by atoms with E-state index >= 15 is 0 Å². The lowest BCUT2D eigenvalue weighted by molar-refractivity contribution is -0.122. The van der Waals surface area contributed by atoms with Gasteiger partial charge >= 0.3 is 0 Å². The molecule has 2 fully saturated rings. The zero-order valence-corrected chi connectivity index (χ0v) is 16.1. The van der Waals surface area contributed by atoms with Crippen molar-refractivity contribution >= 4 is 15.9 Å². The molecular weight excluding hydrogens is 326 g/mol. The molecule has 0 unspecified atom stereocenters. The first kappa shape index (κ1) is 19.7. The molecule has 1 amide bonds. The molecule has 1 heterocycles. The lowest BCUT2D eigenvalue weighted by Crippen LogP contribution is -2.43. The first-order chi connectivity index (χ1) is 11.2. The molecule has 1 saturated carbocycles. The second kappa shape index (κ2) is 8.63. The van der Waals surface area contributed by atoms with Gasteiger partial charge < -0.3 is 5.32 Å². The van der Waals surface area contributed by atoms with E-state index in [1.807, 2.05) is 0 Å². The van der Waals surface area contributed by atoms with Gasteiger partial charge in [0.05, 0.1) is 12.8 Å². The molecule has 1 aliphatic heterocycles. The average molecular weight is 360 g/mol. The van der Waals surface area contributed by atoms with Gasteiger partial charge in [-0.15, -0.1) is 0 Å². The number of hydrogen-bond acceptors (Lipinski definition) is 4. The van der Waals surface area contributed by atoms with E-state index in [0.29, 0.717) is 25.0 Å². The van der Waals surface area contributed by atoms with Gasteiger partial charge in [0, 0.05) is 25.2 Å². The Hall–Kier alpha value is -0.660. The second-order valence-corrected chi connectivity index (χ2v) is 9.63. The fourth-order valence-corrected chi connectivity index (χ4v) is 4.82. The van der Waals surface area contributed by atoms with E-state index in [1.54, 1.807) is 0 Å². The van der Waals surface area contributed by atoms with Gasteiger partial charge in [-0.1, -0.05) is 39.5 Å². The van der Waals surface area contributed by atoms with Crippen LogP contribution in [0.4, 0.5) is 0 Å². The molecule has 0 bridgehead atoms. The van der Waals surface area contributed by atoms with Gasteiger partial charge in [0.25, 0.3) is 0 Å². The molecule has 0 aromatic heterocycles. The van der Waals surface area contributed by atoms with Crippen molar-refractivity contribution in [2.45, 2.75) is 64.5 Å². The van der Waals surface area contributed by atoms with Crippen molar-refractivity contribution in [3.05, 3.63) is 0 Å². The minimum Gasteiger partial charge on any atom is -0.352 e. The van der Waals surface area contributed by atoms with Crippen LogP contribution in [0.1, 0.15) is 52.4 Å². The van der Waals surface area contributed by atoms with Crippen LogP contribution in [-0.2, 0) is 14.8 Å². The van der Waals surface area contributed by atoms with Crippen molar-refractivity contribution < 1.29 is 13.2 Å². The third-order valence-corrected chi connectivity index (χ3v) is 5.98. The Morgan fingerprint density at radius 1 is 1.12 bits per heavy atom. The van der Waals surface area contributed by atoms with E-state index in [4.69, 9.17) is 0 Å². The van der Waals surface area contributed by atoms with Gasteiger partial charge in [0.1, 0.15) is 0 Å². The normalized spacial score (nSPS) is 27.3. The van der Waals surface area contributed by atoms with Crippen molar-refractivity contribution in [1.82, 2.24) is 14.9 Å². The standard InChI is InChI=1S/C17H33N3O3S/c1-13(2)15-10-20(11-16(15)19-24(3,22)23)12-17(21)18-14-8-6-4-5-7-9-14/h13-16,19H,4-12H2,1-3H3,(H,18,21)/t15-,16+/m0/s1. The van der Waals surface area contributed by atoms with E-state index < -0.39 is 10.0 Å². The SMILES string of the molecule is CC(C)[C@@H]1CN(CC(=O)NC2CCCCCC2)C[C@H]1NS(C)(=O)=O. The Morgan fingerprint density at radius 3 is 2.29 bits per heavy atom. The molecular formula is C17H33N3O3S. The highest BCUT2D eigenvalue weighted by Crippen LogP contribution is 2.25. The summed E-state index contributed by atoms with van der Waals surface area (Å²) in [5.41, 5.74) is 0. The molecule has 2 aliphatic rings. The average Bonchev–Trinajstić information content (AvgIpc) is 2.66. The Balaban J connectivity index is 1.86. The first-order valence-electron chi connectivity index (χ1n) is 9.23. The quantitative estimate of drug-likeness (QED) is 0.702. The predicted octanol–water partition coefficient (Wildman–Crippen LogP) is 1.33. The van der Waals surface area contributed by atoms with Gasteiger partial charge in [0.15, 0.2) is 0 Å². The zero-order chi connectivity index (χ0) is 17.7. The monoisotopic (exact) mass is 359 g/mol. The molecule has 7 heteroatoms. The molecule has 2 atom stereocenters. The second-order valence-electron chi connectivity index (χ2n) is 7.85. The highest BCUT2D eigenvalue weighted by Gasteiger charge is 2.36. The summed E-state index contributed by atoms with van der Waals surface area (Å²) >= 11 is 0. The Labute approximate surface area is 146 Å². The summed E-state index contributed by atoms with van der Waals surface area (Å²) in [5, 5.41) is 3.17. The minimum atomic E-state index is -3.23. The van der Waals surface area contributed by atoms with Crippen molar-refractivity contribution in [1.29, 1.82) is 0 Å². The van der Waals surface area contributed by atoms with E-state index in [1.165, 1.54) is 31.9 Å². The third-order valence-electron chi connectivity index (χ3n) is 5.25. The van der Waals surface area contributed by atoms with E-state index in [0.717, 1.165) is 19.4 Å².